The van der Waals surface area contributed by atoms with Crippen LogP contribution in [-0.2, 0) is 0 Å². The Labute approximate surface area is 128 Å². The second-order valence-electron chi connectivity index (χ2n) is 4.85. The van der Waals surface area contributed by atoms with Gasteiger partial charge in [-0.3, -0.25) is 4.79 Å². The number of carbonyl (C=O) groups excluding carboxylic acids is 1. The number of hydrogen-bond acceptors (Lipinski definition) is 3. The van der Waals surface area contributed by atoms with E-state index in [9.17, 15) is 9.90 Å². The number of aryl methyl sites for hydroxylation is 2. The van der Waals surface area contributed by atoms with Crippen molar-refractivity contribution in [3.63, 3.8) is 0 Å². The summed E-state index contributed by atoms with van der Waals surface area (Å²) in [5.41, 5.74) is 9.01. The Hall–Kier alpha value is -2.40. The van der Waals surface area contributed by atoms with Crippen LogP contribution in [0.5, 0.6) is 5.75 Å². The van der Waals surface area contributed by atoms with Crippen molar-refractivity contribution in [2.24, 2.45) is 5.73 Å². The molecule has 21 heavy (non-hydrogen) atoms. The summed E-state index contributed by atoms with van der Waals surface area (Å²) in [6.45, 7) is 3.63. The molecule has 0 saturated heterocycles. The summed E-state index contributed by atoms with van der Waals surface area (Å²) < 4.78 is 0. The average molecular weight is 300 g/mol. The Balaban J connectivity index is 2.28. The molecule has 2 rings (SSSR count). The fraction of sp³-hybridized carbons (Fsp3) is 0.125. The van der Waals surface area contributed by atoms with E-state index in [2.05, 4.69) is 5.32 Å². The van der Waals surface area contributed by atoms with E-state index in [1.54, 1.807) is 25.1 Å². The molecule has 0 aliphatic carbocycles. The summed E-state index contributed by atoms with van der Waals surface area (Å²) in [6, 6.07) is 10.1. The van der Waals surface area contributed by atoms with Crippen molar-refractivity contribution in [2.45, 2.75) is 13.8 Å². The Bertz CT molecular complexity index is 726. The van der Waals surface area contributed by atoms with Gasteiger partial charge in [-0.25, -0.2) is 0 Å². The first-order chi connectivity index (χ1) is 9.88. The molecule has 0 aliphatic rings. The summed E-state index contributed by atoms with van der Waals surface area (Å²) in [5, 5.41) is 12.3. The fourth-order valence-electron chi connectivity index (χ4n) is 1.90. The topological polar surface area (TPSA) is 75.4 Å². The van der Waals surface area contributed by atoms with Crippen LogP contribution >= 0.6 is 12.2 Å². The van der Waals surface area contributed by atoms with Crippen LogP contribution in [0.15, 0.2) is 36.4 Å². The smallest absolute Gasteiger partial charge is 0.255 e. The minimum Gasteiger partial charge on any atom is -0.508 e. The first-order valence-electron chi connectivity index (χ1n) is 6.40. The van der Waals surface area contributed by atoms with Gasteiger partial charge in [0.1, 0.15) is 10.7 Å². The van der Waals surface area contributed by atoms with Gasteiger partial charge in [-0.05, 0) is 49.2 Å². The van der Waals surface area contributed by atoms with Gasteiger partial charge in [0.25, 0.3) is 5.91 Å². The van der Waals surface area contributed by atoms with E-state index in [4.69, 9.17) is 18.0 Å². The van der Waals surface area contributed by atoms with Crippen molar-refractivity contribution >= 4 is 28.8 Å². The first-order valence-corrected chi connectivity index (χ1v) is 6.80. The maximum atomic E-state index is 12.3. The predicted molar refractivity (Wildman–Crippen MR) is 87.9 cm³/mol. The van der Waals surface area contributed by atoms with Crippen molar-refractivity contribution in [2.75, 3.05) is 5.32 Å². The normalized spacial score (nSPS) is 10.2. The highest BCUT2D eigenvalue weighted by molar-refractivity contribution is 7.80. The molecule has 1 amide bonds. The molecule has 0 aliphatic heterocycles. The number of amides is 1. The van der Waals surface area contributed by atoms with Crippen LogP contribution in [0.4, 0.5) is 5.69 Å². The van der Waals surface area contributed by atoms with Gasteiger partial charge in [-0.2, -0.15) is 0 Å². The number of nitrogens with two attached hydrogens (primary N) is 1. The number of rotatable bonds is 3. The van der Waals surface area contributed by atoms with Crippen LogP contribution in [0.1, 0.15) is 27.0 Å². The zero-order valence-electron chi connectivity index (χ0n) is 11.8. The largest absolute Gasteiger partial charge is 0.508 e. The number of anilines is 1. The van der Waals surface area contributed by atoms with Crippen molar-refractivity contribution < 1.29 is 9.90 Å². The van der Waals surface area contributed by atoms with E-state index in [-0.39, 0.29) is 16.6 Å². The highest BCUT2D eigenvalue weighted by Crippen LogP contribution is 2.20. The van der Waals surface area contributed by atoms with Gasteiger partial charge in [0, 0.05) is 16.8 Å². The number of carbonyl (C=O) groups is 1. The minimum atomic E-state index is -0.249. The fourth-order valence-corrected chi connectivity index (χ4v) is 2.03. The molecule has 0 radical (unpaired) electrons. The number of thiocarbonyl (C=S) groups is 1. The number of phenolic OH excluding ortho intramolecular Hbond substituents is 1. The average Bonchev–Trinajstić information content (AvgIpc) is 2.43. The van der Waals surface area contributed by atoms with Crippen molar-refractivity contribution in [3.05, 3.63) is 58.7 Å². The predicted octanol–water partition coefficient (Wildman–Crippen LogP) is 2.90. The van der Waals surface area contributed by atoms with E-state index < -0.39 is 0 Å². The van der Waals surface area contributed by atoms with Crippen molar-refractivity contribution in [1.29, 1.82) is 0 Å². The maximum absolute atomic E-state index is 12.3. The third kappa shape index (κ3) is 3.38. The van der Waals surface area contributed by atoms with E-state index >= 15 is 0 Å². The van der Waals surface area contributed by atoms with E-state index in [1.807, 2.05) is 19.1 Å². The molecule has 0 bridgehead atoms. The monoisotopic (exact) mass is 300 g/mol. The first kappa shape index (κ1) is 15.0. The lowest BCUT2D eigenvalue weighted by Crippen LogP contribution is -2.15. The van der Waals surface area contributed by atoms with Crippen LogP contribution in [0, 0.1) is 13.8 Å². The van der Waals surface area contributed by atoms with Crippen LogP contribution in [0.2, 0.25) is 0 Å². The summed E-state index contributed by atoms with van der Waals surface area (Å²) in [6.07, 6.45) is 0. The van der Waals surface area contributed by atoms with Gasteiger partial charge in [-0.15, -0.1) is 0 Å². The Kier molecular flexibility index (Phi) is 4.23. The molecule has 2 aromatic carbocycles. The minimum absolute atomic E-state index is 0.165. The van der Waals surface area contributed by atoms with Crippen LogP contribution in [0.25, 0.3) is 0 Å². The van der Waals surface area contributed by atoms with Gasteiger partial charge < -0.3 is 16.2 Å². The maximum Gasteiger partial charge on any atom is 0.255 e. The quantitative estimate of drug-likeness (QED) is 0.762. The molecule has 0 aromatic heterocycles. The van der Waals surface area contributed by atoms with Crippen LogP contribution in [-0.4, -0.2) is 16.0 Å². The molecule has 0 fully saturated rings. The lowest BCUT2D eigenvalue weighted by atomic mass is 10.1. The molecule has 108 valence electrons. The summed E-state index contributed by atoms with van der Waals surface area (Å²) in [5.74, 6) is -0.0838. The zero-order chi connectivity index (χ0) is 15.6. The van der Waals surface area contributed by atoms with Crippen LogP contribution in [0.3, 0.4) is 0 Å². The highest BCUT2D eigenvalue weighted by atomic mass is 32.1. The van der Waals surface area contributed by atoms with Crippen molar-refractivity contribution in [1.82, 2.24) is 0 Å². The molecule has 0 atom stereocenters. The van der Waals surface area contributed by atoms with E-state index in [0.717, 1.165) is 5.56 Å². The molecule has 0 saturated carbocycles. The molecule has 5 heteroatoms. The second-order valence-corrected chi connectivity index (χ2v) is 5.29. The summed E-state index contributed by atoms with van der Waals surface area (Å²) in [7, 11) is 0. The Morgan fingerprint density at radius 2 is 1.76 bits per heavy atom. The van der Waals surface area contributed by atoms with Gasteiger partial charge in [0.05, 0.1) is 0 Å². The Morgan fingerprint density at radius 1 is 1.10 bits per heavy atom. The SMILES string of the molecule is Cc1cc(C(=O)Nc2cc(C(N)=S)ccc2C)ccc1O. The number of phenols is 1. The van der Waals surface area contributed by atoms with Crippen molar-refractivity contribution in [3.8, 4) is 5.75 Å². The number of hydrogen-bond donors (Lipinski definition) is 3. The third-order valence-electron chi connectivity index (χ3n) is 3.23. The second kappa shape index (κ2) is 5.93. The highest BCUT2D eigenvalue weighted by Gasteiger charge is 2.10. The van der Waals surface area contributed by atoms with E-state index in [0.29, 0.717) is 22.4 Å². The number of nitrogens with one attached hydrogen (secondary N) is 1. The molecule has 4 N–H and O–H groups in total. The molecule has 0 heterocycles. The molecule has 2 aromatic rings. The zero-order valence-corrected chi connectivity index (χ0v) is 12.6. The van der Waals surface area contributed by atoms with E-state index in [1.165, 1.54) is 6.07 Å². The lowest BCUT2D eigenvalue weighted by Gasteiger charge is -2.11. The molecular formula is C16H16N2O2S. The lowest BCUT2D eigenvalue weighted by molar-refractivity contribution is 0.102. The summed E-state index contributed by atoms with van der Waals surface area (Å²) >= 11 is 4.94. The number of aromatic hydroxyl groups is 1. The molecule has 4 nitrogen and oxygen atoms in total. The van der Waals surface area contributed by atoms with Gasteiger partial charge in [0.15, 0.2) is 0 Å². The van der Waals surface area contributed by atoms with Crippen LogP contribution < -0.4 is 11.1 Å². The molecular weight excluding hydrogens is 284 g/mol. The van der Waals surface area contributed by atoms with Gasteiger partial charge >= 0.3 is 0 Å². The molecule has 0 spiro atoms. The standard InChI is InChI=1S/C16H16N2O2S/c1-9-3-4-11(15(17)21)8-13(9)18-16(20)12-5-6-14(19)10(2)7-12/h3-8,19H,1-2H3,(H2,17,21)(H,18,20). The Morgan fingerprint density at radius 3 is 2.38 bits per heavy atom. The van der Waals surface area contributed by atoms with Gasteiger partial charge in [0.2, 0.25) is 0 Å². The third-order valence-corrected chi connectivity index (χ3v) is 3.46. The molecule has 0 unspecified atom stereocenters. The summed E-state index contributed by atoms with van der Waals surface area (Å²) in [4.78, 5) is 12.5. The number of benzene rings is 2. The van der Waals surface area contributed by atoms with Gasteiger partial charge in [-0.1, -0.05) is 24.4 Å².